The fraction of sp³-hybridized carbons (Fsp3) is 0.667. The number of benzene rings is 1. The van der Waals surface area contributed by atoms with E-state index in [2.05, 4.69) is 4.90 Å². The molecule has 0 aromatic heterocycles. The number of anilines is 1. The molecule has 3 rings (SSSR count). The maximum atomic E-state index is 13.2. The van der Waals surface area contributed by atoms with Crippen LogP contribution in [0.15, 0.2) is 18.2 Å². The van der Waals surface area contributed by atoms with Gasteiger partial charge >= 0.3 is 0 Å². The number of aliphatic hydroxyl groups excluding tert-OH is 2. The maximum Gasteiger partial charge on any atom is 0.253 e. The van der Waals surface area contributed by atoms with Gasteiger partial charge in [-0.1, -0.05) is 13.3 Å². The second kappa shape index (κ2) is 9.11. The minimum atomic E-state index is -0.637. The zero-order valence-electron chi connectivity index (χ0n) is 16.9. The van der Waals surface area contributed by atoms with Crippen LogP contribution in [0.4, 0.5) is 5.69 Å². The first-order chi connectivity index (χ1) is 13.5. The average Bonchev–Trinajstić information content (AvgIpc) is 2.75. The Balaban J connectivity index is 1.83. The molecule has 2 saturated heterocycles. The van der Waals surface area contributed by atoms with E-state index in [9.17, 15) is 15.0 Å². The van der Waals surface area contributed by atoms with Gasteiger partial charge in [0.05, 0.1) is 38.7 Å². The van der Waals surface area contributed by atoms with E-state index in [0.717, 1.165) is 30.9 Å². The molecule has 2 N–H and O–H groups in total. The third kappa shape index (κ3) is 4.11. The third-order valence-corrected chi connectivity index (χ3v) is 6.01. The number of carbonyl (C=O) groups excluding carboxylic acids is 1. The lowest BCUT2D eigenvalue weighted by Gasteiger charge is -2.45. The quantitative estimate of drug-likeness (QED) is 0.764. The predicted octanol–water partition coefficient (Wildman–Crippen LogP) is 1.52. The van der Waals surface area contributed by atoms with Crippen LogP contribution in [-0.2, 0) is 4.74 Å². The normalized spacial score (nSPS) is 25.6. The zero-order chi connectivity index (χ0) is 20.1. The van der Waals surface area contributed by atoms with Crippen LogP contribution < -0.4 is 9.64 Å². The SMILES string of the molecule is CCC[C@@]1(CO)CN(C(=O)c2ccc(OC)c(N3CCOCC3)c2)CC[C@@H]1O. The Morgan fingerprint density at radius 2 is 2.07 bits per heavy atom. The lowest BCUT2D eigenvalue weighted by Crippen LogP contribution is -2.55. The molecule has 7 heteroatoms. The van der Waals surface area contributed by atoms with Gasteiger partial charge in [0.1, 0.15) is 5.75 Å². The second-order valence-corrected chi connectivity index (χ2v) is 7.79. The van der Waals surface area contributed by atoms with E-state index >= 15 is 0 Å². The standard InChI is InChI=1S/C21H32N2O5/c1-3-7-21(15-24)14-23(8-6-19(21)25)20(26)16-4-5-18(27-2)17(13-16)22-9-11-28-12-10-22/h4-5,13,19,24-25H,3,6-12,14-15H2,1-2H3/t19-,21-/m0/s1. The number of ether oxygens (including phenoxy) is 2. The predicted molar refractivity (Wildman–Crippen MR) is 107 cm³/mol. The highest BCUT2D eigenvalue weighted by atomic mass is 16.5. The number of hydrogen-bond donors (Lipinski definition) is 2. The number of nitrogens with zero attached hydrogens (tertiary/aromatic N) is 2. The van der Waals surface area contributed by atoms with Crippen molar-refractivity contribution < 1.29 is 24.5 Å². The van der Waals surface area contributed by atoms with Gasteiger partial charge in [-0.15, -0.1) is 0 Å². The highest BCUT2D eigenvalue weighted by molar-refractivity contribution is 5.96. The van der Waals surface area contributed by atoms with E-state index in [-0.39, 0.29) is 12.5 Å². The molecule has 7 nitrogen and oxygen atoms in total. The number of amides is 1. The Kier molecular flexibility index (Phi) is 6.80. The fourth-order valence-electron chi connectivity index (χ4n) is 4.36. The monoisotopic (exact) mass is 392 g/mol. The van der Waals surface area contributed by atoms with Crippen LogP contribution in [-0.4, -0.2) is 80.2 Å². The van der Waals surface area contributed by atoms with Crippen molar-refractivity contribution >= 4 is 11.6 Å². The summed E-state index contributed by atoms with van der Waals surface area (Å²) in [5.74, 6) is 0.668. The lowest BCUT2D eigenvalue weighted by molar-refractivity contribution is -0.0720. The molecule has 1 amide bonds. The first-order valence-corrected chi connectivity index (χ1v) is 10.1. The van der Waals surface area contributed by atoms with E-state index in [1.54, 1.807) is 18.1 Å². The summed E-state index contributed by atoms with van der Waals surface area (Å²) < 4.78 is 10.9. The number of likely N-dealkylation sites (tertiary alicyclic amines) is 1. The van der Waals surface area contributed by atoms with Crippen LogP contribution in [0.2, 0.25) is 0 Å². The fourth-order valence-corrected chi connectivity index (χ4v) is 4.36. The Morgan fingerprint density at radius 3 is 2.71 bits per heavy atom. The molecular weight excluding hydrogens is 360 g/mol. The summed E-state index contributed by atoms with van der Waals surface area (Å²) in [6.45, 7) is 5.60. The van der Waals surface area contributed by atoms with E-state index in [1.165, 1.54) is 0 Å². The number of carbonyl (C=O) groups is 1. The molecule has 0 unspecified atom stereocenters. The van der Waals surface area contributed by atoms with Crippen LogP contribution in [0.3, 0.4) is 0 Å². The lowest BCUT2D eigenvalue weighted by atomic mass is 9.74. The minimum absolute atomic E-state index is 0.0713. The van der Waals surface area contributed by atoms with Gasteiger partial charge in [0.2, 0.25) is 0 Å². The topological polar surface area (TPSA) is 82.5 Å². The van der Waals surface area contributed by atoms with Gasteiger partial charge in [0, 0.05) is 37.2 Å². The summed E-state index contributed by atoms with van der Waals surface area (Å²) in [5.41, 5.74) is 0.861. The Bertz CT molecular complexity index is 677. The number of rotatable bonds is 6. The van der Waals surface area contributed by atoms with Crippen molar-refractivity contribution in [2.75, 3.05) is 58.0 Å². The van der Waals surface area contributed by atoms with Crippen LogP contribution in [0, 0.1) is 5.41 Å². The summed E-state index contributed by atoms with van der Waals surface area (Å²) in [4.78, 5) is 17.2. The molecule has 1 aromatic carbocycles. The van der Waals surface area contributed by atoms with Crippen molar-refractivity contribution in [3.8, 4) is 5.75 Å². The van der Waals surface area contributed by atoms with Crippen molar-refractivity contribution in [3.63, 3.8) is 0 Å². The Hall–Kier alpha value is -1.83. The van der Waals surface area contributed by atoms with Gasteiger partial charge < -0.3 is 29.5 Å². The molecule has 2 heterocycles. The van der Waals surface area contributed by atoms with E-state index in [1.807, 2.05) is 19.1 Å². The minimum Gasteiger partial charge on any atom is -0.495 e. The second-order valence-electron chi connectivity index (χ2n) is 7.79. The maximum absolute atomic E-state index is 13.2. The molecule has 2 atom stereocenters. The van der Waals surface area contributed by atoms with Crippen LogP contribution >= 0.6 is 0 Å². The third-order valence-electron chi connectivity index (χ3n) is 6.01. The first kappa shape index (κ1) is 20.9. The van der Waals surface area contributed by atoms with Gasteiger partial charge in [-0.2, -0.15) is 0 Å². The van der Waals surface area contributed by atoms with Gasteiger partial charge in [-0.05, 0) is 31.0 Å². The van der Waals surface area contributed by atoms with Crippen LogP contribution in [0.25, 0.3) is 0 Å². The van der Waals surface area contributed by atoms with Gasteiger partial charge in [-0.25, -0.2) is 0 Å². The number of hydrogen-bond acceptors (Lipinski definition) is 6. The van der Waals surface area contributed by atoms with Gasteiger partial charge in [0.15, 0.2) is 0 Å². The molecule has 2 aliphatic heterocycles. The number of morpholine rings is 1. The molecule has 0 saturated carbocycles. The first-order valence-electron chi connectivity index (χ1n) is 10.1. The zero-order valence-corrected chi connectivity index (χ0v) is 16.9. The highest BCUT2D eigenvalue weighted by Gasteiger charge is 2.43. The molecule has 0 aliphatic carbocycles. The largest absolute Gasteiger partial charge is 0.495 e. The Labute approximate surface area is 166 Å². The van der Waals surface area contributed by atoms with Crippen molar-refractivity contribution in [2.24, 2.45) is 5.41 Å². The summed E-state index contributed by atoms with van der Waals surface area (Å²) in [6, 6.07) is 5.51. The molecule has 0 spiro atoms. The molecule has 1 aromatic rings. The number of methoxy groups -OCH3 is 1. The summed E-state index contributed by atoms with van der Waals surface area (Å²) in [6.07, 6.45) is 1.44. The molecule has 2 fully saturated rings. The van der Waals surface area contributed by atoms with Crippen molar-refractivity contribution in [3.05, 3.63) is 23.8 Å². The molecule has 156 valence electrons. The van der Waals surface area contributed by atoms with Gasteiger partial charge in [0.25, 0.3) is 5.91 Å². The number of piperidine rings is 1. The van der Waals surface area contributed by atoms with E-state index < -0.39 is 11.5 Å². The number of aliphatic hydroxyl groups is 2. The van der Waals surface area contributed by atoms with E-state index in [4.69, 9.17) is 9.47 Å². The summed E-state index contributed by atoms with van der Waals surface area (Å²) in [5, 5.41) is 20.4. The van der Waals surface area contributed by atoms with Crippen LogP contribution in [0.5, 0.6) is 5.75 Å². The molecule has 0 radical (unpaired) electrons. The van der Waals surface area contributed by atoms with E-state index in [0.29, 0.717) is 44.7 Å². The summed E-state index contributed by atoms with van der Waals surface area (Å²) >= 11 is 0. The molecular formula is C21H32N2O5. The van der Waals surface area contributed by atoms with Gasteiger partial charge in [-0.3, -0.25) is 4.79 Å². The Morgan fingerprint density at radius 1 is 1.32 bits per heavy atom. The smallest absolute Gasteiger partial charge is 0.253 e. The van der Waals surface area contributed by atoms with Crippen molar-refractivity contribution in [1.82, 2.24) is 4.90 Å². The highest BCUT2D eigenvalue weighted by Crippen LogP contribution is 2.36. The molecule has 28 heavy (non-hydrogen) atoms. The van der Waals surface area contributed by atoms with Crippen LogP contribution in [0.1, 0.15) is 36.5 Å². The van der Waals surface area contributed by atoms with Crippen molar-refractivity contribution in [1.29, 1.82) is 0 Å². The van der Waals surface area contributed by atoms with Crippen molar-refractivity contribution in [2.45, 2.75) is 32.3 Å². The molecule has 2 aliphatic rings. The average molecular weight is 392 g/mol. The summed E-state index contributed by atoms with van der Waals surface area (Å²) in [7, 11) is 1.63. The molecule has 0 bridgehead atoms.